The van der Waals surface area contributed by atoms with Crippen molar-refractivity contribution in [3.8, 4) is 29.1 Å². The van der Waals surface area contributed by atoms with Crippen LogP contribution < -0.4 is 14.2 Å². The Morgan fingerprint density at radius 2 is 1.20 bits per heavy atom. The van der Waals surface area contributed by atoms with E-state index in [1.807, 2.05) is 6.92 Å². The van der Waals surface area contributed by atoms with Crippen LogP contribution in [-0.2, 0) is 0 Å². The minimum Gasteiger partial charge on any atom is -0.487 e. The van der Waals surface area contributed by atoms with Gasteiger partial charge in [-0.3, -0.25) is 4.79 Å². The van der Waals surface area contributed by atoms with Gasteiger partial charge in [0.1, 0.15) is 17.1 Å². The third-order valence-corrected chi connectivity index (χ3v) is 7.36. The molecule has 0 spiro atoms. The monoisotopic (exact) mass is 718 g/mol. The normalized spacial score (nSPS) is 11.2. The largest absolute Gasteiger partial charge is 0.487 e. The Morgan fingerprint density at radius 3 is 1.75 bits per heavy atom. The number of alkyl halides is 4. The summed E-state index contributed by atoms with van der Waals surface area (Å²) in [5, 5.41) is 0. The van der Waals surface area contributed by atoms with Gasteiger partial charge < -0.3 is 14.2 Å². The van der Waals surface area contributed by atoms with Crippen molar-refractivity contribution in [1.82, 2.24) is 0 Å². The van der Waals surface area contributed by atoms with Crippen molar-refractivity contribution < 1.29 is 58.9 Å². The molecule has 13 heteroatoms. The fraction of sp³-hybridized carbons (Fsp3) is 0.263. The topological polar surface area (TPSA) is 61.8 Å². The lowest BCUT2D eigenvalue weighted by Gasteiger charge is -2.16. The van der Waals surface area contributed by atoms with Crippen LogP contribution in [0.25, 0.3) is 0 Å². The zero-order valence-electron chi connectivity index (χ0n) is 27.0. The lowest BCUT2D eigenvalue weighted by Crippen LogP contribution is -2.33. The fourth-order valence-corrected chi connectivity index (χ4v) is 4.50. The van der Waals surface area contributed by atoms with Gasteiger partial charge in [0.2, 0.25) is 11.6 Å². The molecule has 0 atom stereocenters. The third-order valence-electron chi connectivity index (χ3n) is 7.36. The number of ether oxygens (including phenoxy) is 3. The van der Waals surface area contributed by atoms with E-state index >= 15 is 0 Å². The molecule has 0 saturated carbocycles. The number of unbranched alkanes of at least 4 members (excludes halogenated alkanes) is 4. The molecule has 0 radical (unpaired) electrons. The highest BCUT2D eigenvalue weighted by atomic mass is 19.3. The van der Waals surface area contributed by atoms with E-state index in [0.29, 0.717) is 6.42 Å². The molecule has 4 aromatic rings. The molecule has 4 rings (SSSR count). The molecule has 0 aliphatic rings. The Labute approximate surface area is 288 Å². The van der Waals surface area contributed by atoms with Gasteiger partial charge in [0.05, 0.1) is 12.2 Å². The SMILES string of the molecule is CCCCCCCOc1c(F)c(F)c(C#Cc2ccc(C(=O)Oc3ccc(C(=O)c4ccc(OCC(F)(F)C(F)F)cc4)cc3)cc2)c(F)c1F. The summed E-state index contributed by atoms with van der Waals surface area (Å²) in [5.74, 6) is -9.09. The predicted molar refractivity (Wildman–Crippen MR) is 171 cm³/mol. The highest BCUT2D eigenvalue weighted by molar-refractivity contribution is 6.09. The average Bonchev–Trinajstić information content (AvgIpc) is 3.13. The van der Waals surface area contributed by atoms with Crippen molar-refractivity contribution in [2.24, 2.45) is 0 Å². The minimum atomic E-state index is -4.33. The summed E-state index contributed by atoms with van der Waals surface area (Å²) >= 11 is 0. The summed E-state index contributed by atoms with van der Waals surface area (Å²) in [4.78, 5) is 25.4. The van der Waals surface area contributed by atoms with Crippen LogP contribution >= 0.6 is 0 Å². The van der Waals surface area contributed by atoms with Gasteiger partial charge in [-0.15, -0.1) is 0 Å². The molecule has 51 heavy (non-hydrogen) atoms. The molecule has 4 aromatic carbocycles. The Bertz CT molecular complexity index is 1850. The standard InChI is InChI=1S/C38H30F8O5/c1-2-3-4-5-6-21-49-35-32(41)30(39)29(31(40)33(35)42)20-9-23-7-10-26(11-8-23)36(48)51-28-18-14-25(15-19-28)34(47)24-12-16-27(17-13-24)50-22-38(45,46)37(43)44/h7-8,10-19,37H,2-6,21-22H2,1H3. The fourth-order valence-electron chi connectivity index (χ4n) is 4.50. The molecule has 5 nitrogen and oxygen atoms in total. The van der Waals surface area contributed by atoms with Crippen LogP contribution in [0.4, 0.5) is 35.1 Å². The lowest BCUT2D eigenvalue weighted by molar-refractivity contribution is -0.148. The summed E-state index contributed by atoms with van der Waals surface area (Å²) in [6, 6.07) is 15.6. The number of rotatable bonds is 15. The summed E-state index contributed by atoms with van der Waals surface area (Å²) in [6.07, 6.45) is 0.193. The quantitative estimate of drug-likeness (QED) is 0.0233. The van der Waals surface area contributed by atoms with E-state index in [-0.39, 0.29) is 40.4 Å². The molecular weight excluding hydrogens is 688 g/mol. The van der Waals surface area contributed by atoms with Gasteiger partial charge in [-0.2, -0.15) is 17.6 Å². The van der Waals surface area contributed by atoms with E-state index < -0.39 is 65.3 Å². The lowest BCUT2D eigenvalue weighted by atomic mass is 10.0. The number of halogens is 8. The first-order chi connectivity index (χ1) is 24.3. The van der Waals surface area contributed by atoms with E-state index in [2.05, 4.69) is 16.6 Å². The van der Waals surface area contributed by atoms with Crippen molar-refractivity contribution in [3.05, 3.63) is 124 Å². The number of carbonyl (C=O) groups is 2. The highest BCUT2D eigenvalue weighted by Gasteiger charge is 2.41. The van der Waals surface area contributed by atoms with Crippen molar-refractivity contribution >= 4 is 11.8 Å². The van der Waals surface area contributed by atoms with E-state index in [9.17, 15) is 44.7 Å². The van der Waals surface area contributed by atoms with E-state index in [1.165, 1.54) is 72.8 Å². The van der Waals surface area contributed by atoms with Crippen LogP contribution in [0, 0.1) is 35.1 Å². The molecule has 0 saturated heterocycles. The van der Waals surface area contributed by atoms with Gasteiger partial charge in [0.15, 0.2) is 29.8 Å². The van der Waals surface area contributed by atoms with Gasteiger partial charge in [-0.1, -0.05) is 44.4 Å². The zero-order valence-corrected chi connectivity index (χ0v) is 27.0. The minimum absolute atomic E-state index is 0.0555. The number of carbonyl (C=O) groups excluding carboxylic acids is 2. The van der Waals surface area contributed by atoms with Gasteiger partial charge in [0, 0.05) is 16.7 Å². The van der Waals surface area contributed by atoms with Gasteiger partial charge in [0.25, 0.3) is 0 Å². The van der Waals surface area contributed by atoms with Crippen LogP contribution in [0.15, 0.2) is 72.8 Å². The predicted octanol–water partition coefficient (Wildman–Crippen LogP) is 9.72. The Kier molecular flexibility index (Phi) is 13.2. The summed E-state index contributed by atoms with van der Waals surface area (Å²) < 4.78 is 124. The van der Waals surface area contributed by atoms with Crippen LogP contribution in [0.3, 0.4) is 0 Å². The Morgan fingerprint density at radius 1 is 0.667 bits per heavy atom. The molecule has 0 bridgehead atoms. The van der Waals surface area contributed by atoms with E-state index in [4.69, 9.17) is 9.47 Å². The van der Waals surface area contributed by atoms with Gasteiger partial charge in [-0.05, 0) is 79.2 Å². The summed E-state index contributed by atoms with van der Waals surface area (Å²) in [7, 11) is 0. The first kappa shape index (κ1) is 38.4. The first-order valence-corrected chi connectivity index (χ1v) is 15.7. The Balaban J connectivity index is 1.34. The summed E-state index contributed by atoms with van der Waals surface area (Å²) in [6.45, 7) is 0.380. The van der Waals surface area contributed by atoms with E-state index in [1.54, 1.807) is 0 Å². The zero-order chi connectivity index (χ0) is 37.1. The molecule has 0 fully saturated rings. The Hall–Kier alpha value is -5.38. The smallest absolute Gasteiger partial charge is 0.343 e. The molecule has 0 aliphatic carbocycles. The molecule has 0 heterocycles. The third kappa shape index (κ3) is 10.1. The highest BCUT2D eigenvalue weighted by Crippen LogP contribution is 2.30. The van der Waals surface area contributed by atoms with Crippen LogP contribution in [0.5, 0.6) is 17.2 Å². The molecular formula is C38H30F8O5. The number of hydrogen-bond acceptors (Lipinski definition) is 5. The van der Waals surface area contributed by atoms with Crippen LogP contribution in [0.1, 0.15) is 76.4 Å². The second-order valence-corrected chi connectivity index (χ2v) is 11.2. The molecule has 268 valence electrons. The maximum Gasteiger partial charge on any atom is 0.343 e. The van der Waals surface area contributed by atoms with Gasteiger partial charge >= 0.3 is 18.3 Å². The van der Waals surface area contributed by atoms with Crippen molar-refractivity contribution in [3.63, 3.8) is 0 Å². The molecule has 0 aliphatic heterocycles. The number of ketones is 1. The molecule has 0 aromatic heterocycles. The number of hydrogen-bond donors (Lipinski definition) is 0. The molecule has 0 unspecified atom stereocenters. The van der Waals surface area contributed by atoms with Crippen molar-refractivity contribution in [2.45, 2.75) is 51.4 Å². The summed E-state index contributed by atoms with van der Waals surface area (Å²) in [5.41, 5.74) is -0.576. The van der Waals surface area contributed by atoms with E-state index in [0.717, 1.165) is 25.7 Å². The second-order valence-electron chi connectivity index (χ2n) is 11.2. The van der Waals surface area contributed by atoms with Gasteiger partial charge in [-0.25, -0.2) is 22.4 Å². The van der Waals surface area contributed by atoms with Crippen molar-refractivity contribution in [2.75, 3.05) is 13.2 Å². The van der Waals surface area contributed by atoms with Crippen LogP contribution in [0.2, 0.25) is 0 Å². The van der Waals surface area contributed by atoms with Crippen LogP contribution in [-0.4, -0.2) is 37.3 Å². The first-order valence-electron chi connectivity index (χ1n) is 15.7. The number of esters is 1. The van der Waals surface area contributed by atoms with Crippen molar-refractivity contribution in [1.29, 1.82) is 0 Å². The second kappa shape index (κ2) is 17.5. The number of benzene rings is 4. The molecule has 0 amide bonds. The average molecular weight is 719 g/mol. The molecule has 0 N–H and O–H groups in total. The maximum absolute atomic E-state index is 14.6. The maximum atomic E-state index is 14.6.